The monoisotopic (exact) mass is 304 g/mol. The second-order valence-corrected chi connectivity index (χ2v) is 5.88. The second kappa shape index (κ2) is 4.79. The van der Waals surface area contributed by atoms with Crippen LogP contribution in [0.5, 0.6) is 0 Å². The molecule has 8 nitrogen and oxygen atoms in total. The van der Waals surface area contributed by atoms with Crippen molar-refractivity contribution in [3.8, 4) is 17.1 Å². The van der Waals surface area contributed by atoms with Gasteiger partial charge in [-0.05, 0) is 12.1 Å². The Morgan fingerprint density at radius 1 is 1.14 bits per heavy atom. The van der Waals surface area contributed by atoms with Crippen molar-refractivity contribution >= 4 is 10.0 Å². The van der Waals surface area contributed by atoms with Crippen LogP contribution in [0, 0.1) is 0 Å². The SMILES string of the molecule is Cn1cc(-c2nnc(S(N)(=O)=O)n2-c2ccccc2)cn1. The van der Waals surface area contributed by atoms with E-state index in [1.807, 2.05) is 6.07 Å². The van der Waals surface area contributed by atoms with E-state index < -0.39 is 10.0 Å². The number of aryl methyl sites for hydroxylation is 1. The molecule has 0 aliphatic carbocycles. The first-order valence-electron chi connectivity index (χ1n) is 5.99. The molecule has 0 unspecified atom stereocenters. The van der Waals surface area contributed by atoms with Gasteiger partial charge in [0.25, 0.3) is 15.2 Å². The number of benzene rings is 1. The van der Waals surface area contributed by atoms with Crippen LogP contribution < -0.4 is 5.14 Å². The zero-order valence-electron chi connectivity index (χ0n) is 11.1. The third kappa shape index (κ3) is 2.43. The first kappa shape index (κ1) is 13.5. The van der Waals surface area contributed by atoms with E-state index in [2.05, 4.69) is 15.3 Å². The van der Waals surface area contributed by atoms with Crippen LogP contribution in [0.4, 0.5) is 0 Å². The topological polar surface area (TPSA) is 109 Å². The smallest absolute Gasteiger partial charge is 0.274 e. The Hall–Kier alpha value is -2.52. The number of hydrogen-bond acceptors (Lipinski definition) is 5. The Balaban J connectivity index is 2.30. The van der Waals surface area contributed by atoms with E-state index in [-0.39, 0.29) is 5.16 Å². The maximum atomic E-state index is 11.7. The highest BCUT2D eigenvalue weighted by atomic mass is 32.2. The first-order chi connectivity index (χ1) is 9.97. The number of aromatic nitrogens is 5. The third-order valence-corrected chi connectivity index (χ3v) is 3.64. The molecule has 0 bridgehead atoms. The Kier molecular flexibility index (Phi) is 3.07. The van der Waals surface area contributed by atoms with Gasteiger partial charge >= 0.3 is 0 Å². The van der Waals surface area contributed by atoms with Crippen LogP contribution in [0.2, 0.25) is 0 Å². The molecule has 0 spiro atoms. The van der Waals surface area contributed by atoms with Gasteiger partial charge in [-0.3, -0.25) is 9.25 Å². The van der Waals surface area contributed by atoms with Gasteiger partial charge in [-0.15, -0.1) is 10.2 Å². The average molecular weight is 304 g/mol. The summed E-state index contributed by atoms with van der Waals surface area (Å²) in [6.45, 7) is 0. The summed E-state index contributed by atoms with van der Waals surface area (Å²) in [4.78, 5) is 0. The number of primary sulfonamides is 1. The predicted molar refractivity (Wildman–Crippen MR) is 74.9 cm³/mol. The molecule has 108 valence electrons. The molecule has 1 aromatic carbocycles. The van der Waals surface area contributed by atoms with Crippen LogP contribution in [-0.2, 0) is 17.1 Å². The van der Waals surface area contributed by atoms with Crippen molar-refractivity contribution in [3.05, 3.63) is 42.7 Å². The highest BCUT2D eigenvalue weighted by Crippen LogP contribution is 2.23. The maximum Gasteiger partial charge on any atom is 0.274 e. The largest absolute Gasteiger partial charge is 0.275 e. The zero-order chi connectivity index (χ0) is 15.0. The maximum absolute atomic E-state index is 11.7. The molecule has 0 atom stereocenters. The molecule has 0 radical (unpaired) electrons. The summed E-state index contributed by atoms with van der Waals surface area (Å²) in [5.41, 5.74) is 1.24. The molecule has 2 aromatic heterocycles. The Morgan fingerprint density at radius 3 is 2.43 bits per heavy atom. The molecule has 9 heteroatoms. The molecule has 0 aliphatic heterocycles. The Bertz CT molecular complexity index is 882. The number of hydrogen-bond donors (Lipinski definition) is 1. The summed E-state index contributed by atoms with van der Waals surface area (Å²) in [5.74, 6) is 0.360. The highest BCUT2D eigenvalue weighted by molar-refractivity contribution is 7.89. The fourth-order valence-corrected chi connectivity index (χ4v) is 2.59. The minimum Gasteiger partial charge on any atom is -0.275 e. The quantitative estimate of drug-likeness (QED) is 0.749. The Morgan fingerprint density at radius 2 is 1.86 bits per heavy atom. The highest BCUT2D eigenvalue weighted by Gasteiger charge is 2.23. The second-order valence-electron chi connectivity index (χ2n) is 4.42. The minimum absolute atomic E-state index is 0.312. The van der Waals surface area contributed by atoms with E-state index >= 15 is 0 Å². The van der Waals surface area contributed by atoms with Gasteiger partial charge in [-0.1, -0.05) is 18.2 Å². The number of nitrogens with two attached hydrogens (primary N) is 1. The van der Waals surface area contributed by atoms with E-state index in [4.69, 9.17) is 5.14 Å². The molecule has 2 heterocycles. The lowest BCUT2D eigenvalue weighted by Crippen LogP contribution is -2.18. The van der Waals surface area contributed by atoms with E-state index in [9.17, 15) is 8.42 Å². The van der Waals surface area contributed by atoms with Gasteiger partial charge < -0.3 is 0 Å². The first-order valence-corrected chi connectivity index (χ1v) is 7.54. The molecular weight excluding hydrogens is 292 g/mol. The van der Waals surface area contributed by atoms with Crippen molar-refractivity contribution in [1.29, 1.82) is 0 Å². The molecule has 0 saturated heterocycles. The number of rotatable bonds is 3. The molecule has 0 amide bonds. The standard InChI is InChI=1S/C12H12N6O2S/c1-17-8-9(7-14-17)11-15-16-12(21(13,19)20)18(11)10-5-3-2-4-6-10/h2-8H,1H3,(H2,13,19,20). The van der Waals surface area contributed by atoms with Crippen LogP contribution in [0.1, 0.15) is 0 Å². The number of nitrogens with zero attached hydrogens (tertiary/aromatic N) is 5. The lowest BCUT2D eigenvalue weighted by atomic mass is 10.3. The normalized spacial score (nSPS) is 11.7. The molecule has 0 saturated carbocycles. The Labute approximate surface area is 120 Å². The summed E-state index contributed by atoms with van der Waals surface area (Å²) in [5, 5.41) is 16.6. The van der Waals surface area contributed by atoms with Crippen molar-refractivity contribution in [3.63, 3.8) is 0 Å². The summed E-state index contributed by atoms with van der Waals surface area (Å²) >= 11 is 0. The van der Waals surface area contributed by atoms with Crippen LogP contribution in [0.15, 0.2) is 47.9 Å². The van der Waals surface area contributed by atoms with Gasteiger partial charge in [-0.25, -0.2) is 13.6 Å². The minimum atomic E-state index is -4.00. The lowest BCUT2D eigenvalue weighted by molar-refractivity contribution is 0.585. The van der Waals surface area contributed by atoms with Crippen molar-refractivity contribution in [2.45, 2.75) is 5.16 Å². The van der Waals surface area contributed by atoms with E-state index in [1.165, 1.54) is 4.57 Å². The predicted octanol–water partition coefficient (Wildman–Crippen LogP) is 0.315. The summed E-state index contributed by atoms with van der Waals surface area (Å²) in [6, 6.07) is 8.90. The molecular formula is C12H12N6O2S. The fourth-order valence-electron chi connectivity index (χ4n) is 1.99. The van der Waals surface area contributed by atoms with Crippen molar-refractivity contribution in [1.82, 2.24) is 24.5 Å². The number of sulfonamides is 1. The molecule has 2 N–H and O–H groups in total. The molecule has 0 aliphatic rings. The summed E-state index contributed by atoms with van der Waals surface area (Å²) < 4.78 is 26.4. The molecule has 3 aromatic rings. The van der Waals surface area contributed by atoms with Gasteiger partial charge in [-0.2, -0.15) is 5.10 Å². The van der Waals surface area contributed by atoms with Crippen LogP contribution in [0.3, 0.4) is 0 Å². The molecule has 21 heavy (non-hydrogen) atoms. The van der Waals surface area contributed by atoms with Crippen LogP contribution >= 0.6 is 0 Å². The van der Waals surface area contributed by atoms with Crippen LogP contribution in [-0.4, -0.2) is 33.0 Å². The fraction of sp³-hybridized carbons (Fsp3) is 0.0833. The van der Waals surface area contributed by atoms with Gasteiger partial charge in [0.1, 0.15) is 0 Å². The van der Waals surface area contributed by atoms with Crippen molar-refractivity contribution in [2.75, 3.05) is 0 Å². The van der Waals surface area contributed by atoms with E-state index in [0.717, 1.165) is 0 Å². The lowest BCUT2D eigenvalue weighted by Gasteiger charge is -2.07. The van der Waals surface area contributed by atoms with Gasteiger partial charge in [0, 0.05) is 18.9 Å². The van der Waals surface area contributed by atoms with E-state index in [0.29, 0.717) is 17.1 Å². The number of para-hydroxylation sites is 1. The van der Waals surface area contributed by atoms with Gasteiger partial charge in [0.2, 0.25) is 0 Å². The van der Waals surface area contributed by atoms with E-state index in [1.54, 1.807) is 48.4 Å². The van der Waals surface area contributed by atoms with Crippen molar-refractivity contribution < 1.29 is 8.42 Å². The molecule has 0 fully saturated rings. The van der Waals surface area contributed by atoms with Gasteiger partial charge in [0.05, 0.1) is 11.8 Å². The third-order valence-electron chi connectivity index (χ3n) is 2.87. The summed E-state index contributed by atoms with van der Waals surface area (Å²) in [7, 11) is -2.24. The van der Waals surface area contributed by atoms with Gasteiger partial charge in [0.15, 0.2) is 5.82 Å². The zero-order valence-corrected chi connectivity index (χ0v) is 11.9. The summed E-state index contributed by atoms with van der Waals surface area (Å²) in [6.07, 6.45) is 3.30. The van der Waals surface area contributed by atoms with Crippen LogP contribution in [0.25, 0.3) is 17.1 Å². The van der Waals surface area contributed by atoms with Crippen molar-refractivity contribution in [2.24, 2.45) is 12.2 Å². The average Bonchev–Trinajstić information content (AvgIpc) is 3.04. The molecule has 3 rings (SSSR count).